The maximum absolute atomic E-state index is 13.2. The highest BCUT2D eigenvalue weighted by molar-refractivity contribution is 7.89. The molecule has 138 valence electrons. The Bertz CT molecular complexity index is 917. The van der Waals surface area contributed by atoms with E-state index in [9.17, 15) is 18.3 Å². The van der Waals surface area contributed by atoms with Crippen LogP contribution in [0, 0.1) is 0 Å². The second kappa shape index (κ2) is 7.22. The molecule has 1 aromatic carbocycles. The van der Waals surface area contributed by atoms with Gasteiger partial charge < -0.3 is 9.84 Å². The maximum Gasteiger partial charge on any atom is 0.322 e. The smallest absolute Gasteiger partial charge is 0.322 e. The van der Waals surface area contributed by atoms with Gasteiger partial charge in [-0.2, -0.15) is 4.31 Å². The van der Waals surface area contributed by atoms with Gasteiger partial charge in [-0.3, -0.25) is 4.79 Å². The van der Waals surface area contributed by atoms with Crippen LogP contribution in [0.4, 0.5) is 0 Å². The van der Waals surface area contributed by atoms with Crippen LogP contribution in [-0.2, 0) is 21.2 Å². The van der Waals surface area contributed by atoms with Gasteiger partial charge in [-0.05, 0) is 47.7 Å². The lowest BCUT2D eigenvalue weighted by molar-refractivity contribution is -0.141. The standard InChI is InChI=1S/C18H19NO5S2/c1-3-14-15-9-11-25-16(15)8-10-19(17(14)18(20)21)26(22,23)13-6-4-12(24-2)5-7-13/h3-7,9,11,14,17H,1,8,10H2,2H3,(H,20,21)/t14-,17+/m0/s1. The number of aliphatic carboxylic acids is 1. The molecule has 0 amide bonds. The van der Waals surface area contributed by atoms with Crippen LogP contribution < -0.4 is 4.74 Å². The molecule has 1 N–H and O–H groups in total. The summed E-state index contributed by atoms with van der Waals surface area (Å²) in [7, 11) is -2.50. The second-order valence-corrected chi connectivity index (χ2v) is 8.78. The minimum Gasteiger partial charge on any atom is -0.497 e. The number of methoxy groups -OCH3 is 1. The predicted octanol–water partition coefficient (Wildman–Crippen LogP) is 2.73. The summed E-state index contributed by atoms with van der Waals surface area (Å²) < 4.78 is 32.5. The molecule has 0 spiro atoms. The van der Waals surface area contributed by atoms with Crippen molar-refractivity contribution in [2.24, 2.45) is 0 Å². The molecule has 26 heavy (non-hydrogen) atoms. The van der Waals surface area contributed by atoms with E-state index in [0.29, 0.717) is 12.2 Å². The highest BCUT2D eigenvalue weighted by Gasteiger charge is 2.43. The van der Waals surface area contributed by atoms with E-state index in [1.807, 2.05) is 11.4 Å². The van der Waals surface area contributed by atoms with Gasteiger partial charge in [-0.1, -0.05) is 6.08 Å². The Morgan fingerprint density at radius 2 is 2.04 bits per heavy atom. The molecule has 3 rings (SSSR count). The van der Waals surface area contributed by atoms with Gasteiger partial charge in [0.25, 0.3) is 0 Å². The first-order chi connectivity index (χ1) is 12.4. The molecule has 0 saturated heterocycles. The molecule has 2 atom stereocenters. The molecular formula is C18H19NO5S2. The fraction of sp³-hybridized carbons (Fsp3) is 0.278. The van der Waals surface area contributed by atoms with E-state index in [2.05, 4.69) is 6.58 Å². The highest BCUT2D eigenvalue weighted by Crippen LogP contribution is 2.37. The summed E-state index contributed by atoms with van der Waals surface area (Å²) in [5, 5.41) is 11.7. The number of thiophene rings is 1. The Hall–Kier alpha value is -2.16. The van der Waals surface area contributed by atoms with Crippen LogP contribution in [0.1, 0.15) is 16.4 Å². The number of nitrogens with zero attached hydrogens (tertiary/aromatic N) is 1. The van der Waals surface area contributed by atoms with Crippen LogP contribution in [0.15, 0.2) is 53.3 Å². The zero-order chi connectivity index (χ0) is 18.9. The summed E-state index contributed by atoms with van der Waals surface area (Å²) in [5.74, 6) is -1.27. The van der Waals surface area contributed by atoms with E-state index in [-0.39, 0.29) is 11.4 Å². The summed E-state index contributed by atoms with van der Waals surface area (Å²) in [6.07, 6.45) is 1.99. The Kier molecular flexibility index (Phi) is 5.17. The quantitative estimate of drug-likeness (QED) is 0.790. The van der Waals surface area contributed by atoms with Crippen LogP contribution in [0.25, 0.3) is 0 Å². The van der Waals surface area contributed by atoms with Crippen molar-refractivity contribution in [2.75, 3.05) is 13.7 Å². The van der Waals surface area contributed by atoms with Crippen LogP contribution >= 0.6 is 11.3 Å². The Labute approximate surface area is 156 Å². The van der Waals surface area contributed by atoms with Crippen molar-refractivity contribution in [2.45, 2.75) is 23.3 Å². The molecule has 2 heterocycles. The van der Waals surface area contributed by atoms with Crippen LogP contribution in [0.3, 0.4) is 0 Å². The molecule has 0 bridgehead atoms. The highest BCUT2D eigenvalue weighted by atomic mass is 32.2. The Balaban J connectivity index is 2.08. The maximum atomic E-state index is 13.2. The number of carboxylic acid groups (broad SMARTS) is 1. The minimum atomic E-state index is -3.99. The number of hydrogen-bond acceptors (Lipinski definition) is 5. The average Bonchev–Trinajstić information content (AvgIpc) is 3.02. The minimum absolute atomic E-state index is 0.0395. The molecule has 6 nitrogen and oxygen atoms in total. The molecule has 0 radical (unpaired) electrons. The number of sulfonamides is 1. The first-order valence-corrected chi connectivity index (χ1v) is 10.3. The summed E-state index contributed by atoms with van der Waals surface area (Å²) in [6, 6.07) is 6.55. The second-order valence-electron chi connectivity index (χ2n) is 5.88. The van der Waals surface area contributed by atoms with Crippen LogP contribution in [-0.4, -0.2) is 43.5 Å². The molecule has 0 aliphatic carbocycles. The van der Waals surface area contributed by atoms with Crippen LogP contribution in [0.5, 0.6) is 5.75 Å². The summed E-state index contributed by atoms with van der Waals surface area (Å²) in [4.78, 5) is 13.1. The lowest BCUT2D eigenvalue weighted by Crippen LogP contribution is -2.47. The topological polar surface area (TPSA) is 83.9 Å². The van der Waals surface area contributed by atoms with Gasteiger partial charge in [0, 0.05) is 17.3 Å². The van der Waals surface area contributed by atoms with Gasteiger partial charge in [-0.15, -0.1) is 17.9 Å². The van der Waals surface area contributed by atoms with E-state index < -0.39 is 28.0 Å². The van der Waals surface area contributed by atoms with Crippen molar-refractivity contribution in [3.63, 3.8) is 0 Å². The third-order valence-corrected chi connectivity index (χ3v) is 7.41. The molecule has 1 aliphatic rings. The molecule has 0 unspecified atom stereocenters. The Morgan fingerprint density at radius 3 is 2.62 bits per heavy atom. The normalized spacial score (nSPS) is 20.8. The van der Waals surface area contributed by atoms with Crippen molar-refractivity contribution >= 4 is 27.3 Å². The van der Waals surface area contributed by atoms with Gasteiger partial charge in [0.1, 0.15) is 11.8 Å². The molecule has 0 saturated carbocycles. The van der Waals surface area contributed by atoms with Crippen molar-refractivity contribution in [1.82, 2.24) is 4.31 Å². The largest absolute Gasteiger partial charge is 0.497 e. The van der Waals surface area contributed by atoms with Gasteiger partial charge in [0.15, 0.2) is 0 Å². The lowest BCUT2D eigenvalue weighted by atomic mass is 9.93. The first kappa shape index (κ1) is 18.6. The molecule has 2 aromatic rings. The van der Waals surface area contributed by atoms with Crippen molar-refractivity contribution in [1.29, 1.82) is 0 Å². The monoisotopic (exact) mass is 393 g/mol. The van der Waals surface area contributed by atoms with Crippen molar-refractivity contribution in [3.8, 4) is 5.75 Å². The van der Waals surface area contributed by atoms with E-state index in [4.69, 9.17) is 4.74 Å². The molecule has 0 fully saturated rings. The lowest BCUT2D eigenvalue weighted by Gasteiger charge is -2.30. The number of fused-ring (bicyclic) bond motifs is 1. The third kappa shape index (κ3) is 3.15. The number of rotatable bonds is 5. The van der Waals surface area contributed by atoms with E-state index in [1.165, 1.54) is 36.7 Å². The summed E-state index contributed by atoms with van der Waals surface area (Å²) >= 11 is 1.51. The van der Waals surface area contributed by atoms with E-state index in [0.717, 1.165) is 14.7 Å². The first-order valence-electron chi connectivity index (χ1n) is 7.97. The van der Waals surface area contributed by atoms with E-state index >= 15 is 0 Å². The summed E-state index contributed by atoms with van der Waals surface area (Å²) in [6.45, 7) is 3.85. The SMILES string of the molecule is C=C[C@H]1c2ccsc2CCN(S(=O)(=O)c2ccc(OC)cc2)[C@H]1C(=O)O. The number of benzene rings is 1. The fourth-order valence-corrected chi connectivity index (χ4v) is 5.77. The molecule has 1 aromatic heterocycles. The van der Waals surface area contributed by atoms with Gasteiger partial charge in [0.05, 0.1) is 12.0 Å². The number of hydrogen-bond donors (Lipinski definition) is 1. The number of carboxylic acids is 1. The third-order valence-electron chi connectivity index (χ3n) is 4.52. The van der Waals surface area contributed by atoms with Gasteiger partial charge >= 0.3 is 5.97 Å². The predicted molar refractivity (Wildman–Crippen MR) is 99.3 cm³/mol. The van der Waals surface area contributed by atoms with Gasteiger partial charge in [0.2, 0.25) is 10.0 Å². The average molecular weight is 393 g/mol. The summed E-state index contributed by atoms with van der Waals surface area (Å²) in [5.41, 5.74) is 0.838. The molecule has 8 heteroatoms. The molecule has 1 aliphatic heterocycles. The number of ether oxygens (including phenoxy) is 1. The Morgan fingerprint density at radius 1 is 1.35 bits per heavy atom. The zero-order valence-corrected chi connectivity index (χ0v) is 15.8. The van der Waals surface area contributed by atoms with E-state index in [1.54, 1.807) is 12.1 Å². The number of carbonyl (C=O) groups is 1. The van der Waals surface area contributed by atoms with Crippen molar-refractivity contribution in [3.05, 3.63) is 58.8 Å². The van der Waals surface area contributed by atoms with Gasteiger partial charge in [-0.25, -0.2) is 8.42 Å². The van der Waals surface area contributed by atoms with Crippen molar-refractivity contribution < 1.29 is 23.1 Å². The molecular weight excluding hydrogens is 374 g/mol. The fourth-order valence-electron chi connectivity index (χ4n) is 3.24. The van der Waals surface area contributed by atoms with Crippen LogP contribution in [0.2, 0.25) is 0 Å². The zero-order valence-electron chi connectivity index (χ0n) is 14.2.